The van der Waals surface area contributed by atoms with E-state index >= 15 is 0 Å². The molecule has 2 nitrogen and oxygen atoms in total. The third-order valence-corrected chi connectivity index (χ3v) is 4.45. The second kappa shape index (κ2) is 5.02. The maximum atomic E-state index is 6.58. The molecule has 1 aromatic rings. The minimum absolute atomic E-state index is 0.0368. The molecule has 2 N–H and O–H groups in total. The molecule has 1 saturated heterocycles. The van der Waals surface area contributed by atoms with E-state index in [4.69, 9.17) is 5.73 Å². The molecule has 1 aliphatic heterocycles. The van der Waals surface area contributed by atoms with E-state index in [1.807, 2.05) is 0 Å². The first-order valence-corrected chi connectivity index (χ1v) is 7.00. The van der Waals surface area contributed by atoms with Gasteiger partial charge in [0.05, 0.1) is 0 Å². The van der Waals surface area contributed by atoms with E-state index in [1.54, 1.807) is 0 Å². The zero-order valence-electron chi connectivity index (χ0n) is 12.2. The SMILES string of the molecule is Cc1ccc(C)c(C(N)C(C)(C)N2CCCC2)c1. The van der Waals surface area contributed by atoms with Crippen molar-refractivity contribution >= 4 is 0 Å². The lowest BCUT2D eigenvalue weighted by Crippen LogP contribution is -2.50. The van der Waals surface area contributed by atoms with Crippen molar-refractivity contribution in [2.75, 3.05) is 13.1 Å². The van der Waals surface area contributed by atoms with Crippen LogP contribution in [-0.2, 0) is 0 Å². The molecule has 0 aliphatic carbocycles. The van der Waals surface area contributed by atoms with Gasteiger partial charge in [0.1, 0.15) is 0 Å². The molecule has 0 bridgehead atoms. The fourth-order valence-corrected chi connectivity index (χ4v) is 2.97. The van der Waals surface area contributed by atoms with Crippen LogP contribution in [0, 0.1) is 13.8 Å². The molecule has 0 aromatic heterocycles. The molecule has 18 heavy (non-hydrogen) atoms. The Morgan fingerprint density at radius 3 is 2.39 bits per heavy atom. The van der Waals surface area contributed by atoms with Gasteiger partial charge in [-0.15, -0.1) is 0 Å². The van der Waals surface area contributed by atoms with Gasteiger partial charge in [0, 0.05) is 11.6 Å². The van der Waals surface area contributed by atoms with Gasteiger partial charge in [-0.25, -0.2) is 0 Å². The van der Waals surface area contributed by atoms with E-state index < -0.39 is 0 Å². The van der Waals surface area contributed by atoms with Crippen molar-refractivity contribution in [1.29, 1.82) is 0 Å². The van der Waals surface area contributed by atoms with Gasteiger partial charge in [-0.2, -0.15) is 0 Å². The minimum atomic E-state index is 0.0368. The summed E-state index contributed by atoms with van der Waals surface area (Å²) in [5.74, 6) is 0. The van der Waals surface area contributed by atoms with E-state index in [2.05, 4.69) is 50.8 Å². The lowest BCUT2D eigenvalue weighted by molar-refractivity contribution is 0.124. The van der Waals surface area contributed by atoms with Gasteiger partial charge in [-0.1, -0.05) is 23.8 Å². The maximum Gasteiger partial charge on any atom is 0.0479 e. The standard InChI is InChI=1S/C16H26N2/c1-12-7-8-13(2)14(11-12)15(17)16(3,4)18-9-5-6-10-18/h7-8,11,15H,5-6,9-10,17H2,1-4H3. The van der Waals surface area contributed by atoms with Crippen molar-refractivity contribution in [3.63, 3.8) is 0 Å². The Morgan fingerprint density at radius 2 is 1.78 bits per heavy atom. The van der Waals surface area contributed by atoms with Gasteiger partial charge >= 0.3 is 0 Å². The van der Waals surface area contributed by atoms with Crippen LogP contribution < -0.4 is 5.73 Å². The van der Waals surface area contributed by atoms with Crippen LogP contribution in [0.2, 0.25) is 0 Å². The summed E-state index contributed by atoms with van der Waals surface area (Å²) < 4.78 is 0. The van der Waals surface area contributed by atoms with E-state index in [9.17, 15) is 0 Å². The monoisotopic (exact) mass is 246 g/mol. The topological polar surface area (TPSA) is 29.3 Å². The molecule has 1 aromatic carbocycles. The molecule has 0 radical (unpaired) electrons. The van der Waals surface area contributed by atoms with Crippen molar-refractivity contribution in [1.82, 2.24) is 4.90 Å². The van der Waals surface area contributed by atoms with Crippen molar-refractivity contribution in [2.45, 2.75) is 52.1 Å². The number of aryl methyl sites for hydroxylation is 2. The fourth-order valence-electron chi connectivity index (χ4n) is 2.97. The average molecular weight is 246 g/mol. The summed E-state index contributed by atoms with van der Waals surface area (Å²) in [4.78, 5) is 2.54. The highest BCUT2D eigenvalue weighted by atomic mass is 15.2. The van der Waals surface area contributed by atoms with Crippen LogP contribution in [0.3, 0.4) is 0 Å². The first kappa shape index (κ1) is 13.6. The smallest absolute Gasteiger partial charge is 0.0479 e. The molecule has 2 heteroatoms. The van der Waals surface area contributed by atoms with Crippen LogP contribution in [0.1, 0.15) is 49.4 Å². The predicted molar refractivity (Wildman–Crippen MR) is 77.7 cm³/mol. The zero-order valence-corrected chi connectivity index (χ0v) is 12.2. The lowest BCUT2D eigenvalue weighted by atomic mass is 9.85. The number of hydrogen-bond donors (Lipinski definition) is 1. The molecular formula is C16H26N2. The van der Waals surface area contributed by atoms with Crippen LogP contribution in [0.15, 0.2) is 18.2 Å². The van der Waals surface area contributed by atoms with Crippen molar-refractivity contribution in [2.24, 2.45) is 5.73 Å². The van der Waals surface area contributed by atoms with Crippen LogP contribution in [0.25, 0.3) is 0 Å². The van der Waals surface area contributed by atoms with Crippen molar-refractivity contribution in [3.8, 4) is 0 Å². The van der Waals surface area contributed by atoms with E-state index in [-0.39, 0.29) is 11.6 Å². The van der Waals surface area contributed by atoms with Gasteiger partial charge in [-0.3, -0.25) is 4.90 Å². The number of nitrogens with zero attached hydrogens (tertiary/aromatic N) is 1. The summed E-state index contributed by atoms with van der Waals surface area (Å²) in [7, 11) is 0. The van der Waals surface area contributed by atoms with Crippen LogP contribution >= 0.6 is 0 Å². The molecule has 100 valence electrons. The first-order chi connectivity index (χ1) is 8.43. The highest BCUT2D eigenvalue weighted by Crippen LogP contribution is 2.33. The van der Waals surface area contributed by atoms with Gasteiger partial charge in [-0.05, 0) is 64.8 Å². The molecule has 1 heterocycles. The van der Waals surface area contributed by atoms with Gasteiger partial charge in [0.2, 0.25) is 0 Å². The summed E-state index contributed by atoms with van der Waals surface area (Å²) in [5, 5.41) is 0. The van der Waals surface area contributed by atoms with Crippen LogP contribution in [0.5, 0.6) is 0 Å². The summed E-state index contributed by atoms with van der Waals surface area (Å²) in [6.45, 7) is 11.2. The summed E-state index contributed by atoms with van der Waals surface area (Å²) in [6, 6.07) is 6.67. The molecule has 0 saturated carbocycles. The van der Waals surface area contributed by atoms with Gasteiger partial charge < -0.3 is 5.73 Å². The molecule has 0 amide bonds. The fraction of sp³-hybridized carbons (Fsp3) is 0.625. The van der Waals surface area contributed by atoms with Gasteiger partial charge in [0.15, 0.2) is 0 Å². The Bertz CT molecular complexity index is 417. The molecule has 1 unspecified atom stereocenters. The Morgan fingerprint density at radius 1 is 1.17 bits per heavy atom. The van der Waals surface area contributed by atoms with Crippen molar-refractivity contribution in [3.05, 3.63) is 34.9 Å². The Hall–Kier alpha value is -0.860. The second-order valence-electron chi connectivity index (χ2n) is 6.19. The summed E-state index contributed by atoms with van der Waals surface area (Å²) in [6.07, 6.45) is 2.62. The summed E-state index contributed by atoms with van der Waals surface area (Å²) >= 11 is 0. The predicted octanol–water partition coefficient (Wildman–Crippen LogP) is 3.18. The molecular weight excluding hydrogens is 220 g/mol. The molecule has 1 atom stereocenters. The molecule has 1 aliphatic rings. The third kappa shape index (κ3) is 2.45. The average Bonchev–Trinajstić information content (AvgIpc) is 2.85. The number of nitrogens with two attached hydrogens (primary N) is 1. The number of rotatable bonds is 3. The Kier molecular flexibility index (Phi) is 3.79. The highest BCUT2D eigenvalue weighted by molar-refractivity contribution is 5.34. The number of likely N-dealkylation sites (tertiary alicyclic amines) is 1. The molecule has 0 spiro atoms. The Labute approximate surface area is 111 Å². The summed E-state index contributed by atoms with van der Waals surface area (Å²) in [5.41, 5.74) is 10.5. The van der Waals surface area contributed by atoms with E-state index in [0.29, 0.717) is 0 Å². The Balaban J connectivity index is 2.28. The quantitative estimate of drug-likeness (QED) is 0.887. The van der Waals surface area contributed by atoms with Crippen LogP contribution in [0.4, 0.5) is 0 Å². The number of benzene rings is 1. The van der Waals surface area contributed by atoms with Crippen LogP contribution in [-0.4, -0.2) is 23.5 Å². The number of hydrogen-bond acceptors (Lipinski definition) is 2. The largest absolute Gasteiger partial charge is 0.322 e. The van der Waals surface area contributed by atoms with Gasteiger partial charge in [0.25, 0.3) is 0 Å². The highest BCUT2D eigenvalue weighted by Gasteiger charge is 2.35. The lowest BCUT2D eigenvalue weighted by Gasteiger charge is -2.41. The van der Waals surface area contributed by atoms with E-state index in [0.717, 1.165) is 0 Å². The maximum absolute atomic E-state index is 6.58. The molecule has 2 rings (SSSR count). The van der Waals surface area contributed by atoms with Crippen molar-refractivity contribution < 1.29 is 0 Å². The normalized spacial score (nSPS) is 19.2. The molecule has 1 fully saturated rings. The zero-order chi connectivity index (χ0) is 13.3. The van der Waals surface area contributed by atoms with E-state index in [1.165, 1.54) is 42.6 Å². The second-order valence-corrected chi connectivity index (χ2v) is 6.19. The first-order valence-electron chi connectivity index (χ1n) is 7.00. The third-order valence-electron chi connectivity index (χ3n) is 4.45. The minimum Gasteiger partial charge on any atom is -0.322 e.